The summed E-state index contributed by atoms with van der Waals surface area (Å²) in [6.07, 6.45) is 0.362. The molecule has 1 nitrogen and oxygen atoms in total. The summed E-state index contributed by atoms with van der Waals surface area (Å²) in [4.78, 5) is 0. The molecule has 3 heteroatoms. The van der Waals surface area contributed by atoms with Crippen molar-refractivity contribution in [2.24, 2.45) is 0 Å². The molecule has 0 atom stereocenters. The van der Waals surface area contributed by atoms with Crippen LogP contribution in [0.1, 0.15) is 12.0 Å². The molecule has 0 unspecified atom stereocenters. The minimum absolute atomic E-state index is 0.000921. The summed E-state index contributed by atoms with van der Waals surface area (Å²) in [5.41, 5.74) is 0.343. The second-order valence-electron chi connectivity index (χ2n) is 2.37. The van der Waals surface area contributed by atoms with Crippen LogP contribution in [0.4, 0.5) is 4.39 Å². The van der Waals surface area contributed by atoms with Crippen molar-refractivity contribution in [2.45, 2.75) is 6.42 Å². The number of rotatable bonds is 1. The van der Waals surface area contributed by atoms with Crippen molar-refractivity contribution in [3.8, 4) is 11.8 Å². The molecule has 0 aromatic heterocycles. The van der Waals surface area contributed by atoms with Crippen LogP contribution in [-0.4, -0.2) is 11.7 Å². The number of benzene rings is 1. The second-order valence-corrected chi connectivity index (χ2v) is 3.23. The monoisotopic (exact) mass is 242 g/mol. The normalized spacial score (nSPS) is 9.15. The van der Waals surface area contributed by atoms with E-state index in [-0.39, 0.29) is 12.4 Å². The van der Waals surface area contributed by atoms with Gasteiger partial charge in [0, 0.05) is 10.9 Å². The van der Waals surface area contributed by atoms with Gasteiger partial charge in [-0.2, -0.15) is 0 Å². The molecule has 1 N–H and O–H groups in total. The summed E-state index contributed by atoms with van der Waals surface area (Å²) in [5, 5.41) is 8.47. The summed E-state index contributed by atoms with van der Waals surface area (Å²) >= 11 is 3.19. The lowest BCUT2D eigenvalue weighted by Crippen LogP contribution is -1.85. The van der Waals surface area contributed by atoms with Crippen LogP contribution in [0, 0.1) is 17.7 Å². The Morgan fingerprint density at radius 1 is 1.46 bits per heavy atom. The molecule has 0 aliphatic rings. The first-order chi connectivity index (χ1) is 6.25. The Morgan fingerprint density at radius 3 is 2.85 bits per heavy atom. The van der Waals surface area contributed by atoms with Gasteiger partial charge in [-0.3, -0.25) is 0 Å². The lowest BCUT2D eigenvalue weighted by Gasteiger charge is -1.96. The smallest absolute Gasteiger partial charge is 0.139 e. The molecule has 0 spiro atoms. The Morgan fingerprint density at radius 2 is 2.23 bits per heavy atom. The Bertz CT molecular complexity index is 331. The van der Waals surface area contributed by atoms with Crippen LogP contribution in [0.25, 0.3) is 0 Å². The fourth-order valence-corrected chi connectivity index (χ4v) is 1.27. The highest BCUT2D eigenvalue weighted by atomic mass is 79.9. The molecule has 68 valence electrons. The summed E-state index contributed by atoms with van der Waals surface area (Å²) in [5.74, 6) is 4.97. The molecule has 0 saturated carbocycles. The quantitative estimate of drug-likeness (QED) is 0.750. The van der Waals surface area contributed by atoms with Gasteiger partial charge < -0.3 is 5.11 Å². The van der Waals surface area contributed by atoms with Crippen molar-refractivity contribution < 1.29 is 9.50 Å². The minimum Gasteiger partial charge on any atom is -0.395 e. The van der Waals surface area contributed by atoms with Gasteiger partial charge in [0.1, 0.15) is 5.82 Å². The van der Waals surface area contributed by atoms with E-state index in [1.165, 1.54) is 6.07 Å². The number of aliphatic hydroxyl groups excluding tert-OH is 1. The van der Waals surface area contributed by atoms with Crippen molar-refractivity contribution in [1.82, 2.24) is 0 Å². The van der Waals surface area contributed by atoms with E-state index >= 15 is 0 Å². The van der Waals surface area contributed by atoms with Crippen LogP contribution >= 0.6 is 15.9 Å². The third-order valence-electron chi connectivity index (χ3n) is 1.41. The van der Waals surface area contributed by atoms with Gasteiger partial charge in [0.2, 0.25) is 0 Å². The molecule has 0 saturated heterocycles. The average molecular weight is 243 g/mol. The molecule has 13 heavy (non-hydrogen) atoms. The van der Waals surface area contributed by atoms with Crippen molar-refractivity contribution in [3.05, 3.63) is 34.1 Å². The van der Waals surface area contributed by atoms with E-state index in [1.54, 1.807) is 12.1 Å². The first-order valence-corrected chi connectivity index (χ1v) is 4.58. The SMILES string of the molecule is OCCC#Cc1c(F)cccc1Br. The standard InChI is InChI=1S/C10H8BrFO/c11-9-5-3-6-10(12)8(9)4-1-2-7-13/h3,5-6,13H,2,7H2. The molecule has 0 bridgehead atoms. The predicted octanol–water partition coefficient (Wildman–Crippen LogP) is 2.32. The fraction of sp³-hybridized carbons (Fsp3) is 0.200. The molecule has 1 aromatic carbocycles. The van der Waals surface area contributed by atoms with Gasteiger partial charge in [0.15, 0.2) is 0 Å². The molecular formula is C10H8BrFO. The second kappa shape index (κ2) is 5.00. The van der Waals surface area contributed by atoms with E-state index < -0.39 is 0 Å². The lowest BCUT2D eigenvalue weighted by atomic mass is 10.2. The summed E-state index contributed by atoms with van der Waals surface area (Å²) in [6, 6.07) is 4.69. The van der Waals surface area contributed by atoms with E-state index in [9.17, 15) is 4.39 Å². The first kappa shape index (κ1) is 10.2. The zero-order valence-corrected chi connectivity index (χ0v) is 8.44. The van der Waals surface area contributed by atoms with Gasteiger partial charge in [-0.15, -0.1) is 0 Å². The molecular weight excluding hydrogens is 235 g/mol. The molecule has 0 aliphatic carbocycles. The minimum atomic E-state index is -0.347. The van der Waals surface area contributed by atoms with Crippen LogP contribution in [0.5, 0.6) is 0 Å². The first-order valence-electron chi connectivity index (χ1n) is 3.79. The molecule has 0 aliphatic heterocycles. The number of halogens is 2. The van der Waals surface area contributed by atoms with E-state index in [4.69, 9.17) is 5.11 Å². The maximum absolute atomic E-state index is 13.1. The topological polar surface area (TPSA) is 20.2 Å². The van der Waals surface area contributed by atoms with Gasteiger partial charge in [-0.25, -0.2) is 4.39 Å². The highest BCUT2D eigenvalue weighted by Crippen LogP contribution is 2.17. The van der Waals surface area contributed by atoms with Gasteiger partial charge in [0.05, 0.1) is 12.2 Å². The Balaban J connectivity index is 2.95. The highest BCUT2D eigenvalue weighted by molar-refractivity contribution is 9.10. The summed E-state index contributed by atoms with van der Waals surface area (Å²) in [6.45, 7) is -0.000921. The van der Waals surface area contributed by atoms with Crippen LogP contribution in [0.2, 0.25) is 0 Å². The molecule has 1 rings (SSSR count). The van der Waals surface area contributed by atoms with Crippen molar-refractivity contribution in [1.29, 1.82) is 0 Å². The largest absolute Gasteiger partial charge is 0.395 e. The lowest BCUT2D eigenvalue weighted by molar-refractivity contribution is 0.305. The Kier molecular flexibility index (Phi) is 3.94. The van der Waals surface area contributed by atoms with Gasteiger partial charge >= 0.3 is 0 Å². The zero-order valence-electron chi connectivity index (χ0n) is 6.85. The van der Waals surface area contributed by atoms with Gasteiger partial charge in [0.25, 0.3) is 0 Å². The summed E-state index contributed by atoms with van der Waals surface area (Å²) < 4.78 is 13.7. The molecule has 0 radical (unpaired) electrons. The van der Waals surface area contributed by atoms with E-state index in [0.717, 1.165) is 0 Å². The predicted molar refractivity (Wildman–Crippen MR) is 52.7 cm³/mol. The third kappa shape index (κ3) is 2.83. The van der Waals surface area contributed by atoms with E-state index in [2.05, 4.69) is 27.8 Å². The van der Waals surface area contributed by atoms with Crippen LogP contribution in [0.15, 0.2) is 22.7 Å². The van der Waals surface area contributed by atoms with E-state index in [1.807, 2.05) is 0 Å². The summed E-state index contributed by atoms with van der Waals surface area (Å²) in [7, 11) is 0. The maximum Gasteiger partial charge on any atom is 0.139 e. The zero-order chi connectivity index (χ0) is 9.68. The number of hydrogen-bond donors (Lipinski definition) is 1. The fourth-order valence-electron chi connectivity index (χ4n) is 0.824. The Hall–Kier alpha value is -0.850. The van der Waals surface area contributed by atoms with Gasteiger partial charge in [-0.1, -0.05) is 17.9 Å². The van der Waals surface area contributed by atoms with Crippen molar-refractivity contribution in [2.75, 3.05) is 6.61 Å². The van der Waals surface area contributed by atoms with Crippen LogP contribution in [-0.2, 0) is 0 Å². The Labute approximate surface area is 84.7 Å². The molecule has 0 amide bonds. The van der Waals surface area contributed by atoms with Crippen LogP contribution in [0.3, 0.4) is 0 Å². The molecule has 1 aromatic rings. The van der Waals surface area contributed by atoms with E-state index in [0.29, 0.717) is 16.5 Å². The van der Waals surface area contributed by atoms with Crippen molar-refractivity contribution in [3.63, 3.8) is 0 Å². The van der Waals surface area contributed by atoms with Crippen molar-refractivity contribution >= 4 is 15.9 Å². The average Bonchev–Trinajstić information content (AvgIpc) is 2.10. The molecule has 0 heterocycles. The third-order valence-corrected chi connectivity index (χ3v) is 2.07. The number of hydrogen-bond acceptors (Lipinski definition) is 1. The molecule has 0 fully saturated rings. The highest BCUT2D eigenvalue weighted by Gasteiger charge is 2.01. The van der Waals surface area contributed by atoms with Crippen LogP contribution < -0.4 is 0 Å². The van der Waals surface area contributed by atoms with Gasteiger partial charge in [-0.05, 0) is 28.1 Å². The number of aliphatic hydroxyl groups is 1. The maximum atomic E-state index is 13.1.